The van der Waals surface area contributed by atoms with Crippen LogP contribution in [0.15, 0.2) is 53.4 Å². The third-order valence-electron chi connectivity index (χ3n) is 3.72. The van der Waals surface area contributed by atoms with Gasteiger partial charge >= 0.3 is 0 Å². The molecule has 2 rings (SSSR count). The lowest BCUT2D eigenvalue weighted by atomic mass is 9.87. The predicted octanol–water partition coefficient (Wildman–Crippen LogP) is 3.51. The van der Waals surface area contributed by atoms with Crippen molar-refractivity contribution in [2.45, 2.75) is 37.5 Å². The standard InChI is InChI=1S/C18H24N2O2S.ClH/c1-18(2,3)15-6-10-17(11-7-15)23(21,22)20-13-12-14-4-8-16(19)9-5-14;/h4-11,20H,12-13,19H2,1-3H3;1H. The number of nitrogen functional groups attached to an aromatic ring is 1. The van der Waals surface area contributed by atoms with Crippen molar-refractivity contribution in [2.24, 2.45) is 0 Å². The summed E-state index contributed by atoms with van der Waals surface area (Å²) in [6.07, 6.45) is 0.625. The highest BCUT2D eigenvalue weighted by atomic mass is 35.5. The van der Waals surface area contributed by atoms with Crippen LogP contribution in [0.25, 0.3) is 0 Å². The molecule has 0 unspecified atom stereocenters. The average Bonchev–Trinajstić information content (AvgIpc) is 2.48. The number of nitrogens with one attached hydrogen (secondary N) is 1. The summed E-state index contributed by atoms with van der Waals surface area (Å²) in [5.41, 5.74) is 8.49. The van der Waals surface area contributed by atoms with Crippen LogP contribution < -0.4 is 10.5 Å². The minimum absolute atomic E-state index is 0. The summed E-state index contributed by atoms with van der Waals surface area (Å²) in [6.45, 7) is 6.65. The van der Waals surface area contributed by atoms with Crippen LogP contribution in [0.2, 0.25) is 0 Å². The second-order valence-electron chi connectivity index (χ2n) is 6.66. The van der Waals surface area contributed by atoms with Gasteiger partial charge in [-0.15, -0.1) is 12.4 Å². The van der Waals surface area contributed by atoms with Crippen LogP contribution in [0.1, 0.15) is 31.9 Å². The molecule has 0 aliphatic carbocycles. The van der Waals surface area contributed by atoms with Gasteiger partial charge in [0.25, 0.3) is 0 Å². The van der Waals surface area contributed by atoms with Gasteiger partial charge in [0.15, 0.2) is 0 Å². The van der Waals surface area contributed by atoms with Gasteiger partial charge in [-0.05, 0) is 47.2 Å². The van der Waals surface area contributed by atoms with Crippen LogP contribution in [0, 0.1) is 0 Å². The van der Waals surface area contributed by atoms with Crippen LogP contribution in [0.3, 0.4) is 0 Å². The van der Waals surface area contributed by atoms with Crippen molar-refractivity contribution < 1.29 is 8.42 Å². The molecule has 0 fully saturated rings. The normalized spacial score (nSPS) is 11.8. The minimum Gasteiger partial charge on any atom is -0.399 e. The van der Waals surface area contributed by atoms with Gasteiger partial charge < -0.3 is 5.73 Å². The molecule has 0 aliphatic heterocycles. The second kappa shape index (κ2) is 8.01. The molecule has 24 heavy (non-hydrogen) atoms. The van der Waals surface area contributed by atoms with Crippen molar-refractivity contribution in [2.75, 3.05) is 12.3 Å². The lowest BCUT2D eigenvalue weighted by Gasteiger charge is -2.19. The van der Waals surface area contributed by atoms with E-state index < -0.39 is 10.0 Å². The fourth-order valence-corrected chi connectivity index (χ4v) is 3.26. The van der Waals surface area contributed by atoms with Gasteiger partial charge in [0.2, 0.25) is 10.0 Å². The van der Waals surface area contributed by atoms with Crippen LogP contribution in [-0.4, -0.2) is 15.0 Å². The van der Waals surface area contributed by atoms with Gasteiger partial charge in [-0.2, -0.15) is 0 Å². The summed E-state index contributed by atoms with van der Waals surface area (Å²) in [6, 6.07) is 14.5. The molecular formula is C18H25ClN2O2S. The minimum atomic E-state index is -3.48. The Bertz CT molecular complexity index is 749. The van der Waals surface area contributed by atoms with Crippen molar-refractivity contribution >= 4 is 28.1 Å². The first-order valence-electron chi connectivity index (χ1n) is 7.63. The van der Waals surface area contributed by atoms with Gasteiger partial charge in [0.1, 0.15) is 0 Å². The molecule has 0 aliphatic rings. The van der Waals surface area contributed by atoms with E-state index >= 15 is 0 Å². The van der Waals surface area contributed by atoms with E-state index in [0.29, 0.717) is 23.5 Å². The molecule has 2 aromatic carbocycles. The summed E-state index contributed by atoms with van der Waals surface area (Å²) in [5.74, 6) is 0. The zero-order valence-electron chi connectivity index (χ0n) is 14.2. The number of hydrogen-bond donors (Lipinski definition) is 2. The third kappa shape index (κ3) is 5.51. The molecule has 0 saturated heterocycles. The summed E-state index contributed by atoms with van der Waals surface area (Å²) in [7, 11) is -3.48. The van der Waals surface area contributed by atoms with Gasteiger partial charge in [0.05, 0.1) is 4.90 Å². The van der Waals surface area contributed by atoms with Gasteiger partial charge in [-0.25, -0.2) is 13.1 Å². The van der Waals surface area contributed by atoms with E-state index in [2.05, 4.69) is 25.5 Å². The Balaban J connectivity index is 0.00000288. The Morgan fingerprint density at radius 2 is 1.50 bits per heavy atom. The Labute approximate surface area is 150 Å². The smallest absolute Gasteiger partial charge is 0.240 e. The highest BCUT2D eigenvalue weighted by Crippen LogP contribution is 2.23. The lowest BCUT2D eigenvalue weighted by Crippen LogP contribution is -2.26. The maximum absolute atomic E-state index is 12.3. The van der Waals surface area contributed by atoms with Gasteiger partial charge in [0, 0.05) is 12.2 Å². The number of hydrogen-bond acceptors (Lipinski definition) is 3. The summed E-state index contributed by atoms with van der Waals surface area (Å²) in [4.78, 5) is 0.294. The number of benzene rings is 2. The maximum Gasteiger partial charge on any atom is 0.240 e. The first-order valence-corrected chi connectivity index (χ1v) is 9.11. The van der Waals surface area contributed by atoms with E-state index in [9.17, 15) is 8.42 Å². The van der Waals surface area contributed by atoms with Crippen molar-refractivity contribution in [3.63, 3.8) is 0 Å². The Morgan fingerprint density at radius 1 is 0.958 bits per heavy atom. The number of halogens is 1. The molecule has 0 atom stereocenters. The summed E-state index contributed by atoms with van der Waals surface area (Å²) in [5, 5.41) is 0. The zero-order valence-corrected chi connectivity index (χ0v) is 15.9. The highest BCUT2D eigenvalue weighted by Gasteiger charge is 2.17. The van der Waals surface area contributed by atoms with E-state index in [1.165, 1.54) is 0 Å². The lowest BCUT2D eigenvalue weighted by molar-refractivity contribution is 0.578. The van der Waals surface area contributed by atoms with Gasteiger partial charge in [-0.3, -0.25) is 0 Å². The van der Waals surface area contributed by atoms with Crippen LogP contribution in [-0.2, 0) is 21.9 Å². The second-order valence-corrected chi connectivity index (χ2v) is 8.43. The van der Waals surface area contributed by atoms with Crippen LogP contribution in [0.5, 0.6) is 0 Å². The molecule has 0 spiro atoms. The molecule has 0 aromatic heterocycles. The predicted molar refractivity (Wildman–Crippen MR) is 102 cm³/mol. The number of rotatable bonds is 5. The van der Waals surface area contributed by atoms with Crippen molar-refractivity contribution in [1.29, 1.82) is 0 Å². The number of nitrogens with two attached hydrogens (primary N) is 1. The monoisotopic (exact) mass is 368 g/mol. The number of anilines is 1. The summed E-state index contributed by atoms with van der Waals surface area (Å²) < 4.78 is 27.3. The Morgan fingerprint density at radius 3 is 2.00 bits per heavy atom. The van der Waals surface area contributed by atoms with Crippen LogP contribution in [0.4, 0.5) is 5.69 Å². The highest BCUT2D eigenvalue weighted by molar-refractivity contribution is 7.89. The molecule has 3 N–H and O–H groups in total. The largest absolute Gasteiger partial charge is 0.399 e. The first kappa shape index (κ1) is 20.5. The van der Waals surface area contributed by atoms with Crippen molar-refractivity contribution in [1.82, 2.24) is 4.72 Å². The quantitative estimate of drug-likeness (QED) is 0.793. The van der Waals surface area contributed by atoms with E-state index in [4.69, 9.17) is 5.73 Å². The first-order chi connectivity index (χ1) is 10.7. The molecule has 0 radical (unpaired) electrons. The molecule has 2 aromatic rings. The van der Waals surface area contributed by atoms with E-state index in [-0.39, 0.29) is 17.8 Å². The topological polar surface area (TPSA) is 72.2 Å². The molecule has 6 heteroatoms. The van der Waals surface area contributed by atoms with Crippen LogP contribution >= 0.6 is 12.4 Å². The van der Waals surface area contributed by atoms with Crippen molar-refractivity contribution in [3.8, 4) is 0 Å². The molecule has 0 bridgehead atoms. The molecule has 0 saturated carbocycles. The fourth-order valence-electron chi connectivity index (χ4n) is 2.23. The molecule has 4 nitrogen and oxygen atoms in total. The Hall–Kier alpha value is -1.56. The Kier molecular flexibility index (Phi) is 6.84. The van der Waals surface area contributed by atoms with E-state index in [0.717, 1.165) is 11.1 Å². The van der Waals surface area contributed by atoms with Gasteiger partial charge in [-0.1, -0.05) is 45.0 Å². The fraction of sp³-hybridized carbons (Fsp3) is 0.333. The molecular weight excluding hydrogens is 344 g/mol. The summed E-state index contributed by atoms with van der Waals surface area (Å²) >= 11 is 0. The molecule has 132 valence electrons. The SMILES string of the molecule is CC(C)(C)c1ccc(S(=O)(=O)NCCc2ccc(N)cc2)cc1.Cl. The molecule has 0 amide bonds. The van der Waals surface area contributed by atoms with Crippen molar-refractivity contribution in [3.05, 3.63) is 59.7 Å². The maximum atomic E-state index is 12.3. The number of sulfonamides is 1. The molecule has 0 heterocycles. The third-order valence-corrected chi connectivity index (χ3v) is 5.19. The zero-order chi connectivity index (χ0) is 17.1. The van der Waals surface area contributed by atoms with E-state index in [1.54, 1.807) is 12.1 Å². The van der Waals surface area contributed by atoms with E-state index in [1.807, 2.05) is 36.4 Å². The average molecular weight is 369 g/mol.